The number of aromatic amines is 2. The average Bonchev–Trinajstić information content (AvgIpc) is 3.74. The van der Waals surface area contributed by atoms with Crippen molar-refractivity contribution < 1.29 is 45.2 Å². The molecule has 10 atom stereocenters. The van der Waals surface area contributed by atoms with E-state index in [1.807, 2.05) is 0 Å². The molecule has 45 heavy (non-hydrogen) atoms. The minimum atomic E-state index is -1.44. The van der Waals surface area contributed by atoms with Crippen LogP contribution in [0.1, 0.15) is 25.8 Å². The van der Waals surface area contributed by atoms with Gasteiger partial charge >= 0.3 is 0 Å². The Balaban J connectivity index is 1.16. The Morgan fingerprint density at radius 2 is 1.24 bits per heavy atom. The first kappa shape index (κ1) is 30.9. The fourth-order valence-corrected chi connectivity index (χ4v) is 5.42. The van der Waals surface area contributed by atoms with E-state index in [2.05, 4.69) is 40.5 Å². The molecule has 0 bridgehead atoms. The number of H-pyrrole nitrogens is 2. The molecule has 4 aromatic heterocycles. The molecular weight excluding hydrogens is 604 g/mol. The van der Waals surface area contributed by atoms with Crippen LogP contribution in [0.15, 0.2) is 22.2 Å². The summed E-state index contributed by atoms with van der Waals surface area (Å²) in [7, 11) is 0. The maximum atomic E-state index is 12.7. The largest absolute Gasteiger partial charge is 0.394 e. The molecular formula is C24H32N10O11. The Morgan fingerprint density at radius 1 is 0.800 bits per heavy atom. The van der Waals surface area contributed by atoms with Gasteiger partial charge in [-0.15, -0.1) is 0 Å². The minimum absolute atomic E-state index is 0.00367. The van der Waals surface area contributed by atoms with Crippen molar-refractivity contribution in [2.45, 2.75) is 74.7 Å². The number of hydrogen-bond acceptors (Lipinski definition) is 17. The van der Waals surface area contributed by atoms with E-state index >= 15 is 0 Å². The van der Waals surface area contributed by atoms with Crippen molar-refractivity contribution in [2.75, 3.05) is 23.8 Å². The van der Waals surface area contributed by atoms with Crippen LogP contribution in [0.5, 0.6) is 0 Å². The van der Waals surface area contributed by atoms with Crippen LogP contribution < -0.4 is 21.8 Å². The molecule has 21 nitrogen and oxygen atoms in total. The molecule has 2 fully saturated rings. The van der Waals surface area contributed by atoms with Gasteiger partial charge in [0.25, 0.3) is 11.1 Å². The fraction of sp³-hybridized carbons (Fsp3) is 0.583. The Labute approximate surface area is 250 Å². The molecule has 2 aliphatic heterocycles. The van der Waals surface area contributed by atoms with E-state index in [1.54, 1.807) is 6.92 Å². The van der Waals surface area contributed by atoms with E-state index in [9.17, 15) is 45.3 Å². The number of rotatable bonds is 10. The molecule has 2 saturated heterocycles. The fourth-order valence-electron chi connectivity index (χ4n) is 5.42. The van der Waals surface area contributed by atoms with Crippen LogP contribution in [0.3, 0.4) is 0 Å². The lowest BCUT2D eigenvalue weighted by Gasteiger charge is -2.20. The van der Waals surface area contributed by atoms with E-state index in [1.165, 1.54) is 21.8 Å². The maximum Gasteiger partial charge on any atom is 0.280 e. The minimum Gasteiger partial charge on any atom is -0.394 e. The molecule has 4 aromatic rings. The van der Waals surface area contributed by atoms with Gasteiger partial charge in [-0.2, -0.15) is 9.97 Å². The Hall–Kier alpha value is -4.06. The summed E-state index contributed by atoms with van der Waals surface area (Å²) < 4.78 is 13.5. The second-order valence-electron chi connectivity index (χ2n) is 10.9. The summed E-state index contributed by atoms with van der Waals surface area (Å²) in [6.45, 7) is 0.591. The number of fused-ring (bicyclic) bond motifs is 2. The van der Waals surface area contributed by atoms with Crippen LogP contribution in [0.4, 0.5) is 11.9 Å². The van der Waals surface area contributed by atoms with Gasteiger partial charge < -0.3 is 55.9 Å². The van der Waals surface area contributed by atoms with Crippen LogP contribution in [0, 0.1) is 0 Å². The molecule has 0 amide bonds. The molecule has 0 aromatic carbocycles. The zero-order valence-electron chi connectivity index (χ0n) is 23.5. The predicted molar refractivity (Wildman–Crippen MR) is 150 cm³/mol. The van der Waals surface area contributed by atoms with Crippen LogP contribution in [0.25, 0.3) is 22.3 Å². The Kier molecular flexibility index (Phi) is 8.28. The first-order valence-electron chi connectivity index (χ1n) is 13.9. The van der Waals surface area contributed by atoms with Gasteiger partial charge in [-0.1, -0.05) is 0 Å². The van der Waals surface area contributed by atoms with E-state index in [0.29, 0.717) is 0 Å². The number of aliphatic hydroxyl groups is 7. The lowest BCUT2D eigenvalue weighted by atomic mass is 10.1. The number of imidazole rings is 2. The standard InChI is InChI=1S/C24H32N10O11/c1-7(27-23-29-17-11(19(42)31-23)25-5-33(17)21-15(40)13(38)8(3-35)44-21)2-10(37)28-24-30-18-12(20(43)32-24)26-6-34(18)22-16(41)14(39)9(4-36)45-22/h5-10,13-16,21-22,35-41H,2-4H2,1H3,(H2,27,29,31,42)(H2,28,30,32,43)/t7?,8-,9-,10?,13-,14-,15-,16-,21-,22-/m1/s1. The van der Waals surface area contributed by atoms with Gasteiger partial charge in [-0.3, -0.25) is 28.7 Å². The second kappa shape index (κ2) is 12.0. The van der Waals surface area contributed by atoms with Gasteiger partial charge in [0, 0.05) is 12.5 Å². The van der Waals surface area contributed by atoms with E-state index in [4.69, 9.17) is 9.47 Å². The first-order valence-corrected chi connectivity index (χ1v) is 13.9. The number of aromatic nitrogens is 8. The number of anilines is 2. The smallest absolute Gasteiger partial charge is 0.280 e. The van der Waals surface area contributed by atoms with Crippen LogP contribution in [-0.2, 0) is 9.47 Å². The van der Waals surface area contributed by atoms with Gasteiger partial charge in [0.15, 0.2) is 34.8 Å². The third kappa shape index (κ3) is 5.53. The summed E-state index contributed by atoms with van der Waals surface area (Å²) in [5.41, 5.74) is -1.41. The average molecular weight is 637 g/mol. The van der Waals surface area contributed by atoms with Gasteiger partial charge in [0.1, 0.15) is 42.9 Å². The molecule has 0 aliphatic carbocycles. The molecule has 244 valence electrons. The van der Waals surface area contributed by atoms with E-state index < -0.39 is 85.7 Å². The zero-order chi connectivity index (χ0) is 32.2. The van der Waals surface area contributed by atoms with Crippen LogP contribution in [-0.4, -0.2) is 137 Å². The summed E-state index contributed by atoms with van der Waals surface area (Å²) in [6.07, 6.45) is -8.95. The molecule has 11 N–H and O–H groups in total. The molecule has 21 heteroatoms. The van der Waals surface area contributed by atoms with E-state index in [0.717, 1.165) is 0 Å². The van der Waals surface area contributed by atoms with Crippen LogP contribution in [0.2, 0.25) is 0 Å². The number of aliphatic hydroxyl groups excluding tert-OH is 7. The lowest BCUT2D eigenvalue weighted by Crippen LogP contribution is -2.33. The van der Waals surface area contributed by atoms with Gasteiger partial charge in [-0.25, -0.2) is 9.97 Å². The first-order chi connectivity index (χ1) is 21.5. The number of nitrogens with one attached hydrogen (secondary N) is 4. The van der Waals surface area contributed by atoms with Crippen LogP contribution >= 0.6 is 0 Å². The topological polar surface area (TPSA) is 311 Å². The molecule has 0 radical (unpaired) electrons. The zero-order valence-corrected chi connectivity index (χ0v) is 23.5. The second-order valence-corrected chi connectivity index (χ2v) is 10.9. The Bertz CT molecular complexity index is 1660. The molecule has 6 heterocycles. The highest BCUT2D eigenvalue weighted by atomic mass is 16.6. The van der Waals surface area contributed by atoms with Gasteiger partial charge in [-0.05, 0) is 6.92 Å². The summed E-state index contributed by atoms with van der Waals surface area (Å²) in [4.78, 5) is 47.0. The highest BCUT2D eigenvalue weighted by molar-refractivity contribution is 5.71. The molecule has 6 rings (SSSR count). The van der Waals surface area contributed by atoms with Crippen molar-refractivity contribution in [1.82, 2.24) is 39.0 Å². The molecule has 2 unspecified atom stereocenters. The predicted octanol–water partition coefficient (Wildman–Crippen LogP) is -4.60. The highest BCUT2D eigenvalue weighted by Gasteiger charge is 2.45. The summed E-state index contributed by atoms with van der Waals surface area (Å²) in [6, 6.07) is -0.543. The molecule has 0 saturated carbocycles. The quantitative estimate of drug-likeness (QED) is 0.0729. The third-order valence-electron chi connectivity index (χ3n) is 7.71. The van der Waals surface area contributed by atoms with Crippen molar-refractivity contribution in [1.29, 1.82) is 0 Å². The normalized spacial score (nSPS) is 29.9. The third-order valence-corrected chi connectivity index (χ3v) is 7.71. The SMILES string of the molecule is CC(CC(O)Nc1nc2c(ncn2[C@@H]2O[C@H](CO)[C@@H](O)[C@H]2O)c(=O)[nH]1)Nc1nc2c(ncn2[C@@H]2O[C@H](CO)[C@@H](O)[C@H]2O)c(=O)[nH]1. The van der Waals surface area contributed by atoms with Gasteiger partial charge in [0.2, 0.25) is 11.9 Å². The summed E-state index contributed by atoms with van der Waals surface area (Å²) >= 11 is 0. The lowest BCUT2D eigenvalue weighted by molar-refractivity contribution is -0.0511. The monoisotopic (exact) mass is 636 g/mol. The van der Waals surface area contributed by atoms with Crippen molar-refractivity contribution >= 4 is 34.2 Å². The van der Waals surface area contributed by atoms with Crippen molar-refractivity contribution in [3.8, 4) is 0 Å². The molecule has 0 spiro atoms. The molecule has 2 aliphatic rings. The summed E-state index contributed by atoms with van der Waals surface area (Å²) in [5, 5.41) is 76.1. The summed E-state index contributed by atoms with van der Waals surface area (Å²) in [5.74, 6) is -0.146. The van der Waals surface area contributed by atoms with Gasteiger partial charge in [0.05, 0.1) is 25.9 Å². The van der Waals surface area contributed by atoms with Crippen molar-refractivity contribution in [3.05, 3.63) is 33.4 Å². The van der Waals surface area contributed by atoms with Crippen molar-refractivity contribution in [2.24, 2.45) is 0 Å². The van der Waals surface area contributed by atoms with E-state index in [-0.39, 0.29) is 40.6 Å². The van der Waals surface area contributed by atoms with Crippen molar-refractivity contribution in [3.63, 3.8) is 0 Å². The maximum absolute atomic E-state index is 12.7. The number of nitrogens with zero attached hydrogens (tertiary/aromatic N) is 6. The highest BCUT2D eigenvalue weighted by Crippen LogP contribution is 2.32. The number of ether oxygens (including phenoxy) is 2. The number of hydrogen-bond donors (Lipinski definition) is 11. The Morgan fingerprint density at radius 3 is 1.67 bits per heavy atom.